The number of hydrogen-bond donors (Lipinski definition) is 0. The minimum Gasteiger partial charge on any atom is -0.484 e. The highest BCUT2D eigenvalue weighted by atomic mass is 16.5. The Morgan fingerprint density at radius 2 is 2.15 bits per heavy atom. The van der Waals surface area contributed by atoms with Gasteiger partial charge in [0.05, 0.1) is 12.2 Å². The lowest BCUT2D eigenvalue weighted by Gasteiger charge is -2.43. The van der Waals surface area contributed by atoms with Gasteiger partial charge in [0.1, 0.15) is 11.4 Å². The lowest BCUT2D eigenvalue weighted by Crippen LogP contribution is -2.57. The topological polar surface area (TPSA) is 45.7 Å². The van der Waals surface area contributed by atoms with Gasteiger partial charge < -0.3 is 9.64 Å². The Bertz CT molecular complexity index is 824. The van der Waals surface area contributed by atoms with Crippen LogP contribution in [0.2, 0.25) is 0 Å². The largest absolute Gasteiger partial charge is 0.484 e. The van der Waals surface area contributed by atoms with Crippen molar-refractivity contribution < 1.29 is 9.53 Å². The van der Waals surface area contributed by atoms with Gasteiger partial charge in [-0.1, -0.05) is 23.8 Å². The van der Waals surface area contributed by atoms with Crippen LogP contribution in [0.25, 0.3) is 0 Å². The number of fused-ring (bicyclic) bond motifs is 1. The molecule has 0 N–H and O–H groups in total. The zero-order chi connectivity index (χ0) is 18.9. The predicted molar refractivity (Wildman–Crippen MR) is 104 cm³/mol. The summed E-state index contributed by atoms with van der Waals surface area (Å²) >= 11 is 0. The maximum Gasteiger partial charge on any atom is 0.219 e. The number of benzene rings is 1. The summed E-state index contributed by atoms with van der Waals surface area (Å²) in [6.45, 7) is 7.64. The van der Waals surface area contributed by atoms with Gasteiger partial charge >= 0.3 is 0 Å². The number of hydrogen-bond acceptors (Lipinski definition) is 4. The molecule has 2 aliphatic rings. The Labute approximate surface area is 161 Å². The number of aryl methyl sites for hydroxylation is 1. The first-order valence-corrected chi connectivity index (χ1v) is 9.69. The highest BCUT2D eigenvalue weighted by Gasteiger charge is 2.42. The van der Waals surface area contributed by atoms with E-state index < -0.39 is 0 Å². The van der Waals surface area contributed by atoms with E-state index in [2.05, 4.69) is 41.1 Å². The molecule has 27 heavy (non-hydrogen) atoms. The van der Waals surface area contributed by atoms with Crippen molar-refractivity contribution in [2.45, 2.75) is 45.4 Å². The first kappa shape index (κ1) is 18.0. The molecule has 0 unspecified atom stereocenters. The van der Waals surface area contributed by atoms with Gasteiger partial charge in [-0.15, -0.1) is 0 Å². The van der Waals surface area contributed by atoms with Crippen molar-refractivity contribution in [3.63, 3.8) is 0 Å². The summed E-state index contributed by atoms with van der Waals surface area (Å²) in [5, 5.41) is 0. The fraction of sp³-hybridized carbons (Fsp3) is 0.455. The van der Waals surface area contributed by atoms with Crippen LogP contribution in [0.15, 0.2) is 42.6 Å². The van der Waals surface area contributed by atoms with Crippen LogP contribution in [0, 0.1) is 6.92 Å². The number of rotatable bonds is 2. The number of amides is 1. The summed E-state index contributed by atoms with van der Waals surface area (Å²) in [7, 11) is 0. The standard InChI is InChI=1S/C22H27N3O2/c1-17-7-8-21-19(12-17)13-25(18(2)26)16-22(27-21)9-5-11-24(15-22)14-20-6-3-4-10-23-20/h3-4,6-8,10,12H,5,9,11,13-16H2,1-2H3/t22-/m1/s1. The summed E-state index contributed by atoms with van der Waals surface area (Å²) in [5.74, 6) is 1.03. The predicted octanol–water partition coefficient (Wildman–Crippen LogP) is 3.17. The van der Waals surface area contributed by atoms with Crippen LogP contribution in [0.5, 0.6) is 5.75 Å². The molecular formula is C22H27N3O2. The number of pyridine rings is 1. The number of carbonyl (C=O) groups is 1. The van der Waals surface area contributed by atoms with Crippen molar-refractivity contribution in [3.8, 4) is 5.75 Å². The fourth-order valence-electron chi connectivity index (χ4n) is 4.29. The Balaban J connectivity index is 1.61. The van der Waals surface area contributed by atoms with E-state index in [1.54, 1.807) is 6.92 Å². The average molecular weight is 365 g/mol. The minimum atomic E-state index is -0.362. The molecule has 142 valence electrons. The molecule has 4 rings (SSSR count). The first-order valence-electron chi connectivity index (χ1n) is 9.69. The zero-order valence-corrected chi connectivity index (χ0v) is 16.1. The summed E-state index contributed by atoms with van der Waals surface area (Å²) in [4.78, 5) is 21.1. The van der Waals surface area contributed by atoms with E-state index in [0.29, 0.717) is 13.1 Å². The summed E-state index contributed by atoms with van der Waals surface area (Å²) in [6.07, 6.45) is 3.86. The Hall–Kier alpha value is -2.40. The highest BCUT2D eigenvalue weighted by molar-refractivity contribution is 5.73. The van der Waals surface area contributed by atoms with Gasteiger partial charge in [-0.3, -0.25) is 14.7 Å². The van der Waals surface area contributed by atoms with Gasteiger partial charge in [0, 0.05) is 38.3 Å². The average Bonchev–Trinajstić information content (AvgIpc) is 2.79. The van der Waals surface area contributed by atoms with E-state index in [0.717, 1.165) is 49.5 Å². The van der Waals surface area contributed by atoms with E-state index in [1.807, 2.05) is 23.2 Å². The van der Waals surface area contributed by atoms with E-state index >= 15 is 0 Å². The molecular weight excluding hydrogens is 338 g/mol. The van der Waals surface area contributed by atoms with Gasteiger partial charge in [0.2, 0.25) is 5.91 Å². The second kappa shape index (κ2) is 7.31. The second-order valence-electron chi connectivity index (χ2n) is 7.91. The molecule has 1 amide bonds. The van der Waals surface area contributed by atoms with E-state index in [1.165, 1.54) is 5.56 Å². The number of piperidine rings is 1. The maximum atomic E-state index is 12.3. The monoisotopic (exact) mass is 365 g/mol. The van der Waals surface area contributed by atoms with Gasteiger partial charge in [-0.25, -0.2) is 0 Å². The number of aromatic nitrogens is 1. The van der Waals surface area contributed by atoms with E-state index in [9.17, 15) is 4.79 Å². The van der Waals surface area contributed by atoms with Crippen molar-refractivity contribution in [1.82, 2.24) is 14.8 Å². The van der Waals surface area contributed by atoms with Crippen LogP contribution in [0.3, 0.4) is 0 Å². The Kier molecular flexibility index (Phi) is 4.87. The van der Waals surface area contributed by atoms with Gasteiger partial charge in [-0.05, 0) is 44.5 Å². The molecule has 0 bridgehead atoms. The van der Waals surface area contributed by atoms with Crippen molar-refractivity contribution in [2.24, 2.45) is 0 Å². The molecule has 3 heterocycles. The Morgan fingerprint density at radius 3 is 2.93 bits per heavy atom. The lowest BCUT2D eigenvalue weighted by molar-refractivity contribution is -0.133. The van der Waals surface area contributed by atoms with Crippen molar-refractivity contribution in [1.29, 1.82) is 0 Å². The van der Waals surface area contributed by atoms with Crippen LogP contribution in [-0.4, -0.2) is 45.9 Å². The quantitative estimate of drug-likeness (QED) is 0.820. The van der Waals surface area contributed by atoms with Crippen LogP contribution in [0.4, 0.5) is 0 Å². The van der Waals surface area contributed by atoms with Crippen LogP contribution in [0.1, 0.15) is 36.6 Å². The minimum absolute atomic E-state index is 0.106. The molecule has 1 aromatic heterocycles. The third-order valence-electron chi connectivity index (χ3n) is 5.56. The maximum absolute atomic E-state index is 12.3. The number of carbonyl (C=O) groups excluding carboxylic acids is 1. The lowest BCUT2D eigenvalue weighted by atomic mass is 9.91. The molecule has 1 fully saturated rings. The smallest absolute Gasteiger partial charge is 0.219 e. The molecule has 0 saturated carbocycles. The molecule has 5 nitrogen and oxygen atoms in total. The molecule has 2 aromatic rings. The molecule has 1 atom stereocenters. The molecule has 1 saturated heterocycles. The highest BCUT2D eigenvalue weighted by Crippen LogP contribution is 2.35. The summed E-state index contributed by atoms with van der Waals surface area (Å²) < 4.78 is 6.63. The Morgan fingerprint density at radius 1 is 1.26 bits per heavy atom. The van der Waals surface area contributed by atoms with Gasteiger partial charge in [0.25, 0.3) is 0 Å². The van der Waals surface area contributed by atoms with E-state index in [-0.39, 0.29) is 11.5 Å². The number of ether oxygens (including phenoxy) is 1. The van der Waals surface area contributed by atoms with Gasteiger partial charge in [-0.2, -0.15) is 0 Å². The van der Waals surface area contributed by atoms with Gasteiger partial charge in [0.15, 0.2) is 0 Å². The van der Waals surface area contributed by atoms with Crippen molar-refractivity contribution in [2.75, 3.05) is 19.6 Å². The van der Waals surface area contributed by atoms with E-state index in [4.69, 9.17) is 4.74 Å². The second-order valence-corrected chi connectivity index (χ2v) is 7.91. The normalized spacial score (nSPS) is 22.8. The third-order valence-corrected chi connectivity index (χ3v) is 5.56. The first-order chi connectivity index (χ1) is 13.0. The van der Waals surface area contributed by atoms with Crippen molar-refractivity contribution in [3.05, 3.63) is 59.4 Å². The molecule has 1 aromatic carbocycles. The van der Waals surface area contributed by atoms with Crippen molar-refractivity contribution >= 4 is 5.91 Å². The molecule has 5 heteroatoms. The van der Waals surface area contributed by atoms with Crippen LogP contribution < -0.4 is 4.74 Å². The molecule has 1 spiro atoms. The SMILES string of the molecule is CC(=O)N1Cc2cc(C)ccc2O[C@@]2(CCCN(Cc3ccccn3)C2)C1. The molecule has 0 aliphatic carbocycles. The fourth-order valence-corrected chi connectivity index (χ4v) is 4.29. The summed E-state index contributed by atoms with van der Waals surface area (Å²) in [6, 6.07) is 12.3. The zero-order valence-electron chi connectivity index (χ0n) is 16.1. The third kappa shape index (κ3) is 3.98. The number of nitrogens with zero attached hydrogens (tertiary/aromatic N) is 3. The summed E-state index contributed by atoms with van der Waals surface area (Å²) in [5.41, 5.74) is 3.00. The van der Waals surface area contributed by atoms with Crippen LogP contribution in [-0.2, 0) is 17.9 Å². The molecule has 2 aliphatic heterocycles. The van der Waals surface area contributed by atoms with Crippen LogP contribution >= 0.6 is 0 Å². The number of likely N-dealkylation sites (tertiary alicyclic amines) is 1. The molecule has 0 radical (unpaired) electrons.